The van der Waals surface area contributed by atoms with Crippen molar-refractivity contribution in [2.75, 3.05) is 27.4 Å². The zero-order valence-corrected chi connectivity index (χ0v) is 13.7. The number of hydrogen-bond donors (Lipinski definition) is 2. The van der Waals surface area contributed by atoms with Crippen molar-refractivity contribution in [2.45, 2.75) is 24.9 Å². The maximum absolute atomic E-state index is 12.5. The predicted octanol–water partition coefficient (Wildman–Crippen LogP) is 1.29. The fourth-order valence-electron chi connectivity index (χ4n) is 2.50. The molecule has 0 aromatic heterocycles. The summed E-state index contributed by atoms with van der Waals surface area (Å²) in [5.74, 6) is 0.384. The molecule has 7 heteroatoms. The monoisotopic (exact) mass is 330 g/mol. The first-order chi connectivity index (χ1) is 9.96. The summed E-state index contributed by atoms with van der Waals surface area (Å²) >= 11 is 0. The van der Waals surface area contributed by atoms with Gasteiger partial charge in [-0.2, -0.15) is 0 Å². The number of phenolic OH excluding ortho intramolecular Hbond substituents is 1. The summed E-state index contributed by atoms with van der Waals surface area (Å²) in [7, 11) is 3.22. The molecule has 2 rings (SSSR count). The highest BCUT2D eigenvalue weighted by molar-refractivity contribution is 5.86. The van der Waals surface area contributed by atoms with E-state index in [0.717, 1.165) is 5.56 Å². The number of ether oxygens (including phenoxy) is 2. The van der Waals surface area contributed by atoms with Gasteiger partial charge in [0.25, 0.3) is 0 Å². The van der Waals surface area contributed by atoms with E-state index < -0.39 is 5.54 Å². The number of nitrogens with two attached hydrogens (primary N) is 1. The van der Waals surface area contributed by atoms with Gasteiger partial charge in [-0.15, -0.1) is 12.4 Å². The van der Waals surface area contributed by atoms with E-state index in [1.807, 2.05) is 0 Å². The van der Waals surface area contributed by atoms with E-state index in [2.05, 4.69) is 0 Å². The van der Waals surface area contributed by atoms with Crippen LogP contribution in [-0.2, 0) is 16.1 Å². The van der Waals surface area contributed by atoms with Crippen molar-refractivity contribution < 1.29 is 19.4 Å². The Morgan fingerprint density at radius 3 is 2.68 bits per heavy atom. The van der Waals surface area contributed by atoms with Gasteiger partial charge < -0.3 is 25.2 Å². The smallest absolute Gasteiger partial charge is 0.242 e. The van der Waals surface area contributed by atoms with E-state index in [1.54, 1.807) is 30.1 Å². The summed E-state index contributed by atoms with van der Waals surface area (Å²) in [4.78, 5) is 14.1. The number of methoxy groups -OCH3 is 1. The molecule has 6 nitrogen and oxygen atoms in total. The van der Waals surface area contributed by atoms with Crippen LogP contribution in [0.5, 0.6) is 11.5 Å². The molecule has 0 unspecified atom stereocenters. The second-order valence-corrected chi connectivity index (χ2v) is 5.44. The molecule has 3 N–H and O–H groups in total. The Morgan fingerprint density at radius 1 is 1.45 bits per heavy atom. The third kappa shape index (κ3) is 4.03. The minimum Gasteiger partial charge on any atom is -0.504 e. The van der Waals surface area contributed by atoms with Crippen LogP contribution < -0.4 is 10.5 Å². The van der Waals surface area contributed by atoms with Gasteiger partial charge in [0.05, 0.1) is 12.6 Å². The molecule has 1 aromatic rings. The van der Waals surface area contributed by atoms with E-state index >= 15 is 0 Å². The Labute approximate surface area is 136 Å². The van der Waals surface area contributed by atoms with Gasteiger partial charge in [0, 0.05) is 26.8 Å². The van der Waals surface area contributed by atoms with Crippen LogP contribution in [0.15, 0.2) is 18.2 Å². The van der Waals surface area contributed by atoms with Crippen LogP contribution in [0, 0.1) is 0 Å². The molecule has 0 radical (unpaired) electrons. The molecule has 124 valence electrons. The average molecular weight is 331 g/mol. The Hall–Kier alpha value is -1.50. The molecule has 0 atom stereocenters. The van der Waals surface area contributed by atoms with E-state index in [-0.39, 0.29) is 24.1 Å². The Morgan fingerprint density at radius 2 is 2.09 bits per heavy atom. The summed E-state index contributed by atoms with van der Waals surface area (Å²) in [6.45, 7) is 1.45. The number of phenols is 1. The second-order valence-electron chi connectivity index (χ2n) is 5.44. The number of benzene rings is 1. The van der Waals surface area contributed by atoms with E-state index in [9.17, 15) is 9.90 Å². The molecule has 1 heterocycles. The summed E-state index contributed by atoms with van der Waals surface area (Å²) < 4.78 is 10.3. The highest BCUT2D eigenvalue weighted by Crippen LogP contribution is 2.27. The van der Waals surface area contributed by atoms with Crippen LogP contribution in [0.3, 0.4) is 0 Å². The van der Waals surface area contributed by atoms with Crippen LogP contribution in [0.1, 0.15) is 18.4 Å². The fourth-order valence-corrected chi connectivity index (χ4v) is 2.50. The van der Waals surface area contributed by atoms with Gasteiger partial charge in [0.1, 0.15) is 0 Å². The van der Waals surface area contributed by atoms with Crippen LogP contribution in [0.25, 0.3) is 0 Å². The highest BCUT2D eigenvalue weighted by atomic mass is 35.5. The minimum absolute atomic E-state index is 0. The normalized spacial score (nSPS) is 16.5. The number of carbonyl (C=O) groups excluding carboxylic acids is 1. The van der Waals surface area contributed by atoms with Crippen molar-refractivity contribution in [2.24, 2.45) is 5.73 Å². The number of nitrogens with zero attached hydrogens (tertiary/aromatic N) is 1. The molecule has 0 bridgehead atoms. The first-order valence-electron chi connectivity index (χ1n) is 6.94. The zero-order valence-electron chi connectivity index (χ0n) is 12.9. The van der Waals surface area contributed by atoms with Crippen molar-refractivity contribution in [3.05, 3.63) is 23.8 Å². The van der Waals surface area contributed by atoms with Gasteiger partial charge in [-0.3, -0.25) is 4.79 Å². The lowest BCUT2D eigenvalue weighted by Gasteiger charge is -2.35. The summed E-state index contributed by atoms with van der Waals surface area (Å²) in [5.41, 5.74) is 6.23. The van der Waals surface area contributed by atoms with Gasteiger partial charge in [-0.25, -0.2) is 0 Å². The number of aromatic hydroxyl groups is 1. The molecule has 1 aliphatic rings. The number of halogens is 1. The lowest BCUT2D eigenvalue weighted by Crippen LogP contribution is -2.57. The molecule has 0 aliphatic carbocycles. The van der Waals surface area contributed by atoms with Crippen molar-refractivity contribution in [1.82, 2.24) is 4.90 Å². The van der Waals surface area contributed by atoms with Gasteiger partial charge in [-0.05, 0) is 30.5 Å². The first-order valence-corrected chi connectivity index (χ1v) is 6.94. The molecule has 1 fully saturated rings. The van der Waals surface area contributed by atoms with Gasteiger partial charge in [0.15, 0.2) is 11.5 Å². The maximum atomic E-state index is 12.5. The lowest BCUT2D eigenvalue weighted by atomic mass is 9.89. The maximum Gasteiger partial charge on any atom is 0.242 e. The number of rotatable bonds is 4. The third-order valence-electron chi connectivity index (χ3n) is 3.82. The zero-order chi connectivity index (χ0) is 15.5. The molecule has 1 amide bonds. The third-order valence-corrected chi connectivity index (χ3v) is 3.82. The topological polar surface area (TPSA) is 85.0 Å². The van der Waals surface area contributed by atoms with Gasteiger partial charge >= 0.3 is 0 Å². The number of carbonyl (C=O) groups is 1. The van der Waals surface area contributed by atoms with Crippen molar-refractivity contribution in [1.29, 1.82) is 0 Å². The molecule has 0 saturated carbocycles. The number of likely N-dealkylation sites (N-methyl/N-ethyl adjacent to an activating group) is 1. The quantitative estimate of drug-likeness (QED) is 0.869. The Balaban J connectivity index is 0.00000242. The van der Waals surface area contributed by atoms with Crippen molar-refractivity contribution in [3.8, 4) is 11.5 Å². The second kappa shape index (κ2) is 7.67. The van der Waals surface area contributed by atoms with Crippen molar-refractivity contribution in [3.63, 3.8) is 0 Å². The minimum atomic E-state index is -0.839. The summed E-state index contributed by atoms with van der Waals surface area (Å²) in [6.07, 6.45) is 1.07. The number of amides is 1. The van der Waals surface area contributed by atoms with E-state index in [4.69, 9.17) is 15.2 Å². The first kappa shape index (κ1) is 18.5. The van der Waals surface area contributed by atoms with E-state index in [1.165, 1.54) is 7.11 Å². The largest absolute Gasteiger partial charge is 0.504 e. The Kier molecular flexibility index (Phi) is 6.47. The van der Waals surface area contributed by atoms with Gasteiger partial charge in [0.2, 0.25) is 5.91 Å². The Bertz CT molecular complexity index is 518. The van der Waals surface area contributed by atoms with Crippen LogP contribution in [-0.4, -0.2) is 48.8 Å². The predicted molar refractivity (Wildman–Crippen MR) is 85.4 cm³/mol. The van der Waals surface area contributed by atoms with E-state index in [0.29, 0.717) is 38.3 Å². The van der Waals surface area contributed by atoms with Gasteiger partial charge in [-0.1, -0.05) is 6.07 Å². The molecule has 22 heavy (non-hydrogen) atoms. The lowest BCUT2D eigenvalue weighted by molar-refractivity contribution is -0.139. The average Bonchev–Trinajstić information content (AvgIpc) is 2.49. The molecular formula is C15H23ClN2O4. The molecule has 1 aromatic carbocycles. The summed E-state index contributed by atoms with van der Waals surface area (Å²) in [5, 5.41) is 9.58. The van der Waals surface area contributed by atoms with Crippen LogP contribution in [0.4, 0.5) is 0 Å². The van der Waals surface area contributed by atoms with Crippen molar-refractivity contribution >= 4 is 18.3 Å². The van der Waals surface area contributed by atoms with Crippen LogP contribution in [0.2, 0.25) is 0 Å². The fraction of sp³-hybridized carbons (Fsp3) is 0.533. The number of hydrogen-bond acceptors (Lipinski definition) is 5. The summed E-state index contributed by atoms with van der Waals surface area (Å²) in [6, 6.07) is 5.03. The van der Waals surface area contributed by atoms with Crippen LogP contribution >= 0.6 is 12.4 Å². The molecule has 0 spiro atoms. The SMILES string of the molecule is COc1cc(CN(C)C(=O)C2(N)CCOCC2)ccc1O.Cl. The highest BCUT2D eigenvalue weighted by Gasteiger charge is 2.37. The molecule has 1 aliphatic heterocycles. The standard InChI is InChI=1S/C15H22N2O4.ClH/c1-17(14(19)15(16)5-7-21-8-6-15)10-11-3-4-12(18)13(9-11)20-2;/h3-4,9,18H,5-8,10,16H2,1-2H3;1H. The molecule has 1 saturated heterocycles. The molecular weight excluding hydrogens is 308 g/mol.